The number of rotatable bonds is 5. The lowest BCUT2D eigenvalue weighted by atomic mass is 10.1. The maximum atomic E-state index is 13.1. The van der Waals surface area contributed by atoms with Crippen LogP contribution in [0.1, 0.15) is 11.1 Å². The number of ether oxygens (including phenoxy) is 1. The number of alkyl halides is 3. The first-order valence-electron chi connectivity index (χ1n) is 8.40. The number of pyridine rings is 1. The van der Waals surface area contributed by atoms with Crippen LogP contribution in [0.5, 0.6) is 11.5 Å². The van der Waals surface area contributed by atoms with Gasteiger partial charge in [0, 0.05) is 24.0 Å². The van der Waals surface area contributed by atoms with Gasteiger partial charge >= 0.3 is 12.2 Å². The molecule has 0 atom stereocenters. The van der Waals surface area contributed by atoms with E-state index in [-0.39, 0.29) is 17.3 Å². The Morgan fingerprint density at radius 1 is 1.00 bits per heavy atom. The summed E-state index contributed by atoms with van der Waals surface area (Å²) in [5, 5.41) is 4.64. The summed E-state index contributed by atoms with van der Waals surface area (Å²) in [6.07, 6.45) is -1.42. The van der Waals surface area contributed by atoms with E-state index in [0.29, 0.717) is 11.5 Å². The largest absolute Gasteiger partial charge is 0.457 e. The number of carbonyl (C=O) groups is 1. The number of hydrogen-bond acceptors (Lipinski definition) is 3. The highest BCUT2D eigenvalue weighted by molar-refractivity contribution is 6.30. The molecule has 0 fully saturated rings. The van der Waals surface area contributed by atoms with Crippen molar-refractivity contribution in [3.63, 3.8) is 0 Å². The van der Waals surface area contributed by atoms with Gasteiger partial charge in [-0.1, -0.05) is 23.7 Å². The second-order valence-electron chi connectivity index (χ2n) is 5.92. The van der Waals surface area contributed by atoms with Crippen molar-refractivity contribution in [2.75, 3.05) is 5.32 Å². The molecule has 2 N–H and O–H groups in total. The molecule has 0 saturated carbocycles. The van der Waals surface area contributed by atoms with E-state index in [4.69, 9.17) is 16.3 Å². The van der Waals surface area contributed by atoms with Crippen molar-refractivity contribution >= 4 is 23.3 Å². The zero-order valence-corrected chi connectivity index (χ0v) is 15.6. The summed E-state index contributed by atoms with van der Waals surface area (Å²) < 4.78 is 44.9. The van der Waals surface area contributed by atoms with Crippen molar-refractivity contribution in [1.29, 1.82) is 0 Å². The van der Waals surface area contributed by atoms with Crippen molar-refractivity contribution in [2.24, 2.45) is 0 Å². The lowest BCUT2D eigenvalue weighted by molar-refractivity contribution is -0.136. The van der Waals surface area contributed by atoms with Crippen molar-refractivity contribution < 1.29 is 22.7 Å². The molecule has 0 saturated heterocycles. The molecule has 150 valence electrons. The minimum atomic E-state index is -4.64. The third kappa shape index (κ3) is 5.86. The SMILES string of the molecule is O=C(NCc1ccc(Oc2ccncc2)cc1)Nc1ccc(Cl)cc1C(F)(F)F. The maximum absolute atomic E-state index is 13.1. The molecule has 29 heavy (non-hydrogen) atoms. The van der Waals surface area contributed by atoms with Crippen LogP contribution >= 0.6 is 11.6 Å². The van der Waals surface area contributed by atoms with Gasteiger partial charge in [-0.3, -0.25) is 4.98 Å². The minimum Gasteiger partial charge on any atom is -0.457 e. The number of anilines is 1. The maximum Gasteiger partial charge on any atom is 0.418 e. The first-order valence-corrected chi connectivity index (χ1v) is 8.77. The fraction of sp³-hybridized carbons (Fsp3) is 0.100. The fourth-order valence-corrected chi connectivity index (χ4v) is 2.60. The number of benzene rings is 2. The van der Waals surface area contributed by atoms with Crippen LogP contribution in [0.15, 0.2) is 67.0 Å². The van der Waals surface area contributed by atoms with Crippen molar-refractivity contribution in [1.82, 2.24) is 10.3 Å². The third-order valence-corrected chi connectivity index (χ3v) is 4.03. The summed E-state index contributed by atoms with van der Waals surface area (Å²) in [6, 6.07) is 12.7. The number of aromatic nitrogens is 1. The van der Waals surface area contributed by atoms with Crippen LogP contribution in [0.2, 0.25) is 5.02 Å². The van der Waals surface area contributed by atoms with E-state index in [1.807, 2.05) is 0 Å². The highest BCUT2D eigenvalue weighted by Gasteiger charge is 2.34. The first kappa shape index (κ1) is 20.5. The summed E-state index contributed by atoms with van der Waals surface area (Å²) >= 11 is 5.62. The number of halogens is 4. The molecule has 0 unspecified atom stereocenters. The second kappa shape index (κ2) is 8.83. The zero-order valence-electron chi connectivity index (χ0n) is 14.8. The van der Waals surface area contributed by atoms with E-state index in [9.17, 15) is 18.0 Å². The van der Waals surface area contributed by atoms with E-state index in [2.05, 4.69) is 15.6 Å². The molecule has 0 bridgehead atoms. The molecule has 5 nitrogen and oxygen atoms in total. The van der Waals surface area contributed by atoms with Gasteiger partial charge in [-0.05, 0) is 48.0 Å². The summed E-state index contributed by atoms with van der Waals surface area (Å²) in [6.45, 7) is 0.121. The molecule has 1 heterocycles. The van der Waals surface area contributed by atoms with Gasteiger partial charge in [-0.25, -0.2) is 4.79 Å². The highest BCUT2D eigenvalue weighted by atomic mass is 35.5. The summed E-state index contributed by atoms with van der Waals surface area (Å²) in [7, 11) is 0. The fourth-order valence-electron chi connectivity index (χ4n) is 2.43. The molecule has 9 heteroatoms. The van der Waals surface area contributed by atoms with Crippen molar-refractivity contribution in [3.05, 3.63) is 83.1 Å². The first-order chi connectivity index (χ1) is 13.8. The van der Waals surface area contributed by atoms with Crippen LogP contribution < -0.4 is 15.4 Å². The zero-order chi connectivity index (χ0) is 20.9. The molecule has 2 amide bonds. The Balaban J connectivity index is 1.57. The average molecular weight is 422 g/mol. The Kier molecular flexibility index (Phi) is 6.23. The molecule has 2 aromatic carbocycles. The number of nitrogens with zero attached hydrogens (tertiary/aromatic N) is 1. The third-order valence-electron chi connectivity index (χ3n) is 3.80. The average Bonchev–Trinajstić information content (AvgIpc) is 2.69. The smallest absolute Gasteiger partial charge is 0.418 e. The molecular weight excluding hydrogens is 407 g/mol. The van der Waals surface area contributed by atoms with Gasteiger partial charge in [-0.2, -0.15) is 13.2 Å². The second-order valence-corrected chi connectivity index (χ2v) is 6.36. The molecule has 0 spiro atoms. The lowest BCUT2D eigenvalue weighted by Gasteiger charge is -2.14. The van der Waals surface area contributed by atoms with E-state index < -0.39 is 17.8 Å². The van der Waals surface area contributed by atoms with Gasteiger partial charge in [0.2, 0.25) is 0 Å². The van der Waals surface area contributed by atoms with Gasteiger partial charge in [0.15, 0.2) is 0 Å². The number of carbonyl (C=O) groups excluding carboxylic acids is 1. The molecule has 0 radical (unpaired) electrons. The summed E-state index contributed by atoms with van der Waals surface area (Å²) in [5.41, 5.74) is -0.646. The number of amides is 2. The predicted molar refractivity (Wildman–Crippen MR) is 103 cm³/mol. The van der Waals surface area contributed by atoms with E-state index in [1.54, 1.807) is 48.8 Å². The number of hydrogen-bond donors (Lipinski definition) is 2. The van der Waals surface area contributed by atoms with Crippen LogP contribution in [-0.4, -0.2) is 11.0 Å². The quantitative estimate of drug-likeness (QED) is 0.541. The summed E-state index contributed by atoms with van der Waals surface area (Å²) in [5.74, 6) is 1.23. The highest BCUT2D eigenvalue weighted by Crippen LogP contribution is 2.36. The molecule has 3 rings (SSSR count). The molecule has 0 aliphatic heterocycles. The minimum absolute atomic E-state index is 0.0719. The van der Waals surface area contributed by atoms with Crippen LogP contribution in [0, 0.1) is 0 Å². The summed E-state index contributed by atoms with van der Waals surface area (Å²) in [4.78, 5) is 15.9. The lowest BCUT2D eigenvalue weighted by Crippen LogP contribution is -2.29. The van der Waals surface area contributed by atoms with Crippen molar-refractivity contribution in [2.45, 2.75) is 12.7 Å². The van der Waals surface area contributed by atoms with Gasteiger partial charge in [0.25, 0.3) is 0 Å². The molecule has 0 aliphatic rings. The normalized spacial score (nSPS) is 11.0. The van der Waals surface area contributed by atoms with Crippen LogP contribution in [-0.2, 0) is 12.7 Å². The van der Waals surface area contributed by atoms with E-state index in [0.717, 1.165) is 17.7 Å². The Bertz CT molecular complexity index is 981. The molecule has 0 aliphatic carbocycles. The van der Waals surface area contributed by atoms with Crippen LogP contribution in [0.4, 0.5) is 23.7 Å². The van der Waals surface area contributed by atoms with E-state index in [1.165, 1.54) is 6.07 Å². The van der Waals surface area contributed by atoms with Gasteiger partial charge in [-0.15, -0.1) is 0 Å². The van der Waals surface area contributed by atoms with Gasteiger partial charge < -0.3 is 15.4 Å². The van der Waals surface area contributed by atoms with Crippen molar-refractivity contribution in [3.8, 4) is 11.5 Å². The molecule has 1 aromatic heterocycles. The number of urea groups is 1. The Morgan fingerprint density at radius 2 is 1.66 bits per heavy atom. The molecule has 3 aromatic rings. The predicted octanol–water partition coefficient (Wildman–Crippen LogP) is 5.87. The van der Waals surface area contributed by atoms with E-state index >= 15 is 0 Å². The van der Waals surface area contributed by atoms with Gasteiger partial charge in [0.1, 0.15) is 11.5 Å². The monoisotopic (exact) mass is 421 g/mol. The topological polar surface area (TPSA) is 63.2 Å². The standard InChI is InChI=1S/C20H15ClF3N3O2/c21-14-3-6-18(17(11-14)20(22,23)24)27-19(28)26-12-13-1-4-15(5-2-13)29-16-7-9-25-10-8-16/h1-11H,12H2,(H2,26,27,28). The molecular formula is C20H15ClF3N3O2. The van der Waals surface area contributed by atoms with Gasteiger partial charge in [0.05, 0.1) is 11.3 Å². The Morgan fingerprint density at radius 3 is 2.31 bits per heavy atom. The Labute approximate surface area is 169 Å². The van der Waals surface area contributed by atoms with Crippen LogP contribution in [0.25, 0.3) is 0 Å². The van der Waals surface area contributed by atoms with Crippen LogP contribution in [0.3, 0.4) is 0 Å². The Hall–Kier alpha value is -3.26. The number of nitrogens with one attached hydrogen (secondary N) is 2.